The molecule has 10 heteroatoms. The van der Waals surface area contributed by atoms with Gasteiger partial charge in [0.1, 0.15) is 18.2 Å². The molecule has 0 saturated heterocycles. The van der Waals surface area contributed by atoms with Crippen LogP contribution in [-0.4, -0.2) is 46.9 Å². The Morgan fingerprint density at radius 3 is 1.94 bits per heavy atom. The molecule has 0 spiro atoms. The molecule has 3 atom stereocenters. The fraction of sp³-hybridized carbons (Fsp3) is 0.273. The predicted molar refractivity (Wildman–Crippen MR) is 121 cm³/mol. The molecule has 0 fully saturated rings. The third-order valence-electron chi connectivity index (χ3n) is 4.65. The topological polar surface area (TPSA) is 165 Å². The van der Waals surface area contributed by atoms with Crippen LogP contribution in [0.25, 0.3) is 0 Å². The highest BCUT2D eigenvalue weighted by molar-refractivity contribution is 9.10. The minimum absolute atomic E-state index is 0.120. The van der Waals surface area contributed by atoms with Gasteiger partial charge >= 0.3 is 0 Å². The first kappa shape index (κ1) is 25.0. The zero-order valence-corrected chi connectivity index (χ0v) is 18.7. The third-order valence-corrected chi connectivity index (χ3v) is 5.18. The number of benzene rings is 2. The number of carbonyl (C=O) groups is 4. The van der Waals surface area contributed by atoms with Crippen LogP contribution in [0, 0.1) is 0 Å². The zero-order chi connectivity index (χ0) is 23.7. The van der Waals surface area contributed by atoms with Gasteiger partial charge in [-0.05, 0) is 23.3 Å². The average Bonchev–Trinajstić information content (AvgIpc) is 2.74. The summed E-state index contributed by atoms with van der Waals surface area (Å²) in [6, 6.07) is 14.0. The molecule has 4 amide bonds. The maximum atomic E-state index is 13.0. The van der Waals surface area contributed by atoms with E-state index in [1.807, 2.05) is 6.07 Å². The first-order chi connectivity index (χ1) is 15.2. The van der Waals surface area contributed by atoms with E-state index in [9.17, 15) is 24.3 Å². The normalized spacial score (nSPS) is 13.4. The van der Waals surface area contributed by atoms with Gasteiger partial charge in [0.05, 0.1) is 6.42 Å². The van der Waals surface area contributed by atoms with Crippen molar-refractivity contribution in [2.45, 2.75) is 37.5 Å². The molecule has 0 heterocycles. The second kappa shape index (κ2) is 12.0. The van der Waals surface area contributed by atoms with E-state index in [0.29, 0.717) is 0 Å². The number of nitrogens with one attached hydrogen (secondary N) is 2. The van der Waals surface area contributed by atoms with Gasteiger partial charge in [0.2, 0.25) is 23.6 Å². The van der Waals surface area contributed by atoms with E-state index in [2.05, 4.69) is 26.6 Å². The lowest BCUT2D eigenvalue weighted by molar-refractivity contribution is -0.134. The summed E-state index contributed by atoms with van der Waals surface area (Å²) >= 11 is 3.33. The van der Waals surface area contributed by atoms with Gasteiger partial charge in [0.25, 0.3) is 0 Å². The summed E-state index contributed by atoms with van der Waals surface area (Å²) in [6.45, 7) is 0. The van der Waals surface area contributed by atoms with Crippen LogP contribution in [0.4, 0.5) is 0 Å². The molecule has 170 valence electrons. The Balaban J connectivity index is 2.14. The summed E-state index contributed by atoms with van der Waals surface area (Å²) in [7, 11) is 0. The maximum Gasteiger partial charge on any atom is 0.246 e. The summed E-state index contributed by atoms with van der Waals surface area (Å²) in [5, 5.41) is 14.6. The molecule has 32 heavy (non-hydrogen) atoms. The van der Waals surface area contributed by atoms with Gasteiger partial charge in [0.15, 0.2) is 0 Å². The average molecular weight is 505 g/mol. The van der Waals surface area contributed by atoms with Crippen molar-refractivity contribution in [3.63, 3.8) is 0 Å². The number of carbonyl (C=O) groups excluding carboxylic acids is 4. The highest BCUT2D eigenvalue weighted by Crippen LogP contribution is 2.12. The number of amides is 4. The Bertz CT molecular complexity index is 953. The van der Waals surface area contributed by atoms with Gasteiger partial charge in [-0.2, -0.15) is 0 Å². The maximum absolute atomic E-state index is 13.0. The Morgan fingerprint density at radius 2 is 1.38 bits per heavy atom. The first-order valence-corrected chi connectivity index (χ1v) is 10.6. The SMILES string of the molecule is NC(=O)[C@H](O)CC(=O)N[C@H](Cc1ccccc1)C(=O)N[C@@H](Cc1ccc(Br)cc1)C(N)=O. The number of hydrogen-bond donors (Lipinski definition) is 5. The van der Waals surface area contributed by atoms with Gasteiger partial charge < -0.3 is 27.2 Å². The van der Waals surface area contributed by atoms with Crippen LogP contribution in [0.5, 0.6) is 0 Å². The molecular formula is C22H25BrN4O5. The molecule has 0 aromatic heterocycles. The van der Waals surface area contributed by atoms with Crippen LogP contribution in [0.1, 0.15) is 17.5 Å². The van der Waals surface area contributed by atoms with Crippen LogP contribution >= 0.6 is 15.9 Å². The van der Waals surface area contributed by atoms with Crippen molar-refractivity contribution in [2.24, 2.45) is 11.5 Å². The molecule has 2 aromatic carbocycles. The highest BCUT2D eigenvalue weighted by Gasteiger charge is 2.27. The minimum Gasteiger partial charge on any atom is -0.383 e. The number of rotatable bonds is 11. The minimum atomic E-state index is -1.67. The van der Waals surface area contributed by atoms with Gasteiger partial charge in [0, 0.05) is 17.3 Å². The zero-order valence-electron chi connectivity index (χ0n) is 17.2. The Kier molecular flexibility index (Phi) is 9.36. The van der Waals surface area contributed by atoms with Gasteiger partial charge in [-0.1, -0.05) is 58.4 Å². The van der Waals surface area contributed by atoms with Crippen LogP contribution < -0.4 is 22.1 Å². The summed E-state index contributed by atoms with van der Waals surface area (Å²) in [5.74, 6) is -3.14. The van der Waals surface area contributed by atoms with Crippen molar-refractivity contribution >= 4 is 39.6 Å². The summed E-state index contributed by atoms with van der Waals surface area (Å²) in [4.78, 5) is 48.2. The van der Waals surface area contributed by atoms with Crippen LogP contribution in [0.15, 0.2) is 59.1 Å². The molecule has 0 bridgehead atoms. The van der Waals surface area contributed by atoms with E-state index in [1.54, 1.807) is 48.5 Å². The lowest BCUT2D eigenvalue weighted by Crippen LogP contribution is -2.54. The lowest BCUT2D eigenvalue weighted by atomic mass is 10.0. The van der Waals surface area contributed by atoms with Gasteiger partial charge in [-0.25, -0.2) is 0 Å². The highest BCUT2D eigenvalue weighted by atomic mass is 79.9. The molecule has 2 aromatic rings. The number of nitrogens with two attached hydrogens (primary N) is 2. The standard InChI is InChI=1S/C22H25BrN4O5/c23-15-8-6-14(7-9-15)10-16(20(24)30)27-22(32)17(11-13-4-2-1-3-5-13)26-19(29)12-18(28)21(25)31/h1-9,16-18,28H,10-12H2,(H2,24,30)(H2,25,31)(H,26,29)(H,27,32)/t16-,17+,18+/m0/s1. The fourth-order valence-corrected chi connectivity index (χ4v) is 3.20. The fourth-order valence-electron chi connectivity index (χ4n) is 2.94. The van der Waals surface area contributed by atoms with Gasteiger partial charge in [-0.15, -0.1) is 0 Å². The quantitative estimate of drug-likeness (QED) is 0.288. The smallest absolute Gasteiger partial charge is 0.246 e. The van der Waals surface area contributed by atoms with Crippen molar-refractivity contribution in [3.8, 4) is 0 Å². The molecule has 0 aliphatic rings. The Morgan fingerprint density at radius 1 is 0.812 bits per heavy atom. The molecule has 9 nitrogen and oxygen atoms in total. The van der Waals surface area contributed by atoms with Gasteiger partial charge in [-0.3, -0.25) is 19.2 Å². The van der Waals surface area contributed by atoms with Crippen LogP contribution in [0.3, 0.4) is 0 Å². The van der Waals surface area contributed by atoms with Crippen molar-refractivity contribution in [1.29, 1.82) is 0 Å². The molecule has 2 rings (SSSR count). The van der Waals surface area contributed by atoms with E-state index in [0.717, 1.165) is 15.6 Å². The van der Waals surface area contributed by atoms with Crippen LogP contribution in [-0.2, 0) is 32.0 Å². The summed E-state index contributed by atoms with van der Waals surface area (Å²) in [5.41, 5.74) is 12.0. The first-order valence-electron chi connectivity index (χ1n) is 9.80. The van der Waals surface area contributed by atoms with Crippen LogP contribution in [0.2, 0.25) is 0 Å². The molecule has 7 N–H and O–H groups in total. The monoisotopic (exact) mass is 504 g/mol. The van der Waals surface area contributed by atoms with Crippen molar-refractivity contribution in [2.75, 3.05) is 0 Å². The molecular weight excluding hydrogens is 480 g/mol. The summed E-state index contributed by atoms with van der Waals surface area (Å²) in [6.07, 6.45) is -1.98. The Labute approximate surface area is 193 Å². The van der Waals surface area contributed by atoms with E-state index in [4.69, 9.17) is 11.5 Å². The van der Waals surface area contributed by atoms with E-state index in [1.165, 1.54) is 0 Å². The van der Waals surface area contributed by atoms with Crippen molar-refractivity contribution < 1.29 is 24.3 Å². The summed E-state index contributed by atoms with van der Waals surface area (Å²) < 4.78 is 0.865. The van der Waals surface area contributed by atoms with E-state index >= 15 is 0 Å². The third kappa shape index (κ3) is 8.12. The second-order valence-electron chi connectivity index (χ2n) is 7.23. The van der Waals surface area contributed by atoms with Crippen molar-refractivity contribution in [1.82, 2.24) is 10.6 Å². The number of aliphatic hydroxyl groups excluding tert-OH is 1. The number of aliphatic hydroxyl groups is 1. The predicted octanol–water partition coefficient (Wildman–Crippen LogP) is -0.0745. The van der Waals surface area contributed by atoms with E-state index in [-0.39, 0.29) is 12.8 Å². The van der Waals surface area contributed by atoms with Crippen molar-refractivity contribution in [3.05, 3.63) is 70.2 Å². The molecule has 0 radical (unpaired) electrons. The van der Waals surface area contributed by atoms with E-state index < -0.39 is 48.2 Å². The second-order valence-corrected chi connectivity index (χ2v) is 8.14. The number of hydrogen-bond acceptors (Lipinski definition) is 5. The lowest BCUT2D eigenvalue weighted by Gasteiger charge is -2.22. The Hall–Kier alpha value is -3.24. The molecule has 0 saturated carbocycles. The molecule has 0 unspecified atom stereocenters. The number of primary amides is 2. The molecule has 0 aliphatic heterocycles. The number of halogens is 1. The largest absolute Gasteiger partial charge is 0.383 e. The molecule has 0 aliphatic carbocycles.